The summed E-state index contributed by atoms with van der Waals surface area (Å²) in [5.41, 5.74) is 8.60. The standard InChI is InChI=1S/C73H108O12/c1-45(2)25-57-33-53(34-58(69(57)78)26-46(3)4)17-21-65(74)82-41-73(42-83-66(75)22-18-54-35-59(27-47(5)6)70(79)60(36-54)28-48(7)8,43-84-67(76)23-19-55-37-61(29-49(9)10)71(80)62(38-55)30-50(11)12)44-85-68(77)24-20-56-39-63(31-51(13)14)72(81)64(40-56)32-52(15)16/h33-40,45-52,78-81H,17-32,41-44H2,1-16H3. The molecule has 0 saturated carbocycles. The molecule has 0 aliphatic carbocycles. The minimum atomic E-state index is -1.54. The molecule has 0 bridgehead atoms. The van der Waals surface area contributed by atoms with E-state index < -0.39 is 55.7 Å². The Labute approximate surface area is 511 Å². The van der Waals surface area contributed by atoms with Crippen LogP contribution in [0.1, 0.15) is 203 Å². The minimum Gasteiger partial charge on any atom is -0.507 e. The van der Waals surface area contributed by atoms with Crippen molar-refractivity contribution >= 4 is 23.9 Å². The van der Waals surface area contributed by atoms with Crippen LogP contribution in [-0.2, 0) is 115 Å². The Morgan fingerprint density at radius 1 is 0.294 bits per heavy atom. The summed E-state index contributed by atoms with van der Waals surface area (Å²) >= 11 is 0. The van der Waals surface area contributed by atoms with Gasteiger partial charge in [0.15, 0.2) is 0 Å². The summed E-state index contributed by atoms with van der Waals surface area (Å²) in [5, 5.41) is 45.0. The number of ether oxygens (including phenoxy) is 4. The zero-order valence-corrected chi connectivity index (χ0v) is 54.9. The monoisotopic (exact) mass is 1180 g/mol. The third kappa shape index (κ3) is 25.1. The van der Waals surface area contributed by atoms with Gasteiger partial charge in [0.05, 0.1) is 0 Å². The van der Waals surface area contributed by atoms with Crippen LogP contribution in [0.4, 0.5) is 0 Å². The van der Waals surface area contributed by atoms with E-state index in [0.717, 1.165) is 66.8 Å². The molecule has 4 N–H and O–H groups in total. The van der Waals surface area contributed by atoms with E-state index in [2.05, 4.69) is 111 Å². The van der Waals surface area contributed by atoms with Crippen molar-refractivity contribution in [2.24, 2.45) is 52.8 Å². The van der Waals surface area contributed by atoms with Gasteiger partial charge in [0.25, 0.3) is 0 Å². The zero-order valence-electron chi connectivity index (χ0n) is 54.9. The first-order valence-corrected chi connectivity index (χ1v) is 31.9. The molecule has 12 nitrogen and oxygen atoms in total. The van der Waals surface area contributed by atoms with E-state index in [1.165, 1.54) is 0 Å². The minimum absolute atomic E-state index is 0.0267. The first kappa shape index (κ1) is 71.4. The second-order valence-corrected chi connectivity index (χ2v) is 28.0. The maximum atomic E-state index is 14.0. The van der Waals surface area contributed by atoms with Crippen LogP contribution in [0, 0.1) is 52.8 Å². The molecule has 0 spiro atoms. The van der Waals surface area contributed by atoms with E-state index in [4.69, 9.17) is 18.9 Å². The predicted molar refractivity (Wildman–Crippen MR) is 340 cm³/mol. The number of hydrogen-bond donors (Lipinski definition) is 4. The van der Waals surface area contributed by atoms with Crippen LogP contribution in [0.15, 0.2) is 48.5 Å². The number of phenolic OH excluding ortho intramolecular Hbond substituents is 4. The van der Waals surface area contributed by atoms with Gasteiger partial charge in [0, 0.05) is 25.7 Å². The Hall–Kier alpha value is -6.04. The van der Waals surface area contributed by atoms with E-state index in [1.54, 1.807) is 0 Å². The van der Waals surface area contributed by atoms with Crippen molar-refractivity contribution in [1.29, 1.82) is 0 Å². The Morgan fingerprint density at radius 3 is 0.565 bits per heavy atom. The summed E-state index contributed by atoms with van der Waals surface area (Å²) in [4.78, 5) is 56.1. The number of carbonyl (C=O) groups excluding carboxylic acids is 4. The van der Waals surface area contributed by atoms with Crippen LogP contribution in [0.2, 0.25) is 0 Å². The fraction of sp³-hybridized carbons (Fsp3) is 0.616. The molecule has 0 heterocycles. The Bertz CT molecular complexity index is 2290. The third-order valence-electron chi connectivity index (χ3n) is 15.0. The summed E-state index contributed by atoms with van der Waals surface area (Å²) in [6.07, 6.45) is 6.52. The van der Waals surface area contributed by atoms with Gasteiger partial charge >= 0.3 is 23.9 Å². The van der Waals surface area contributed by atoms with Crippen molar-refractivity contribution in [3.8, 4) is 23.0 Å². The highest BCUT2D eigenvalue weighted by Gasteiger charge is 2.38. The van der Waals surface area contributed by atoms with Crippen LogP contribution < -0.4 is 0 Å². The SMILES string of the molecule is CC(C)Cc1cc(CCC(=O)OCC(COC(=O)CCc2cc(CC(C)C)c(O)c(CC(C)C)c2)(COC(=O)CCc2cc(CC(C)C)c(O)c(CC(C)C)c2)COC(=O)CCc2cc(CC(C)C)c(O)c(CC(C)C)c2)cc(CC(C)C)c1O. The van der Waals surface area contributed by atoms with E-state index >= 15 is 0 Å². The lowest BCUT2D eigenvalue weighted by molar-refractivity contribution is -0.170. The summed E-state index contributed by atoms with van der Waals surface area (Å²) in [7, 11) is 0. The molecular formula is C73H108O12. The van der Waals surface area contributed by atoms with E-state index in [0.29, 0.717) is 77.0 Å². The molecular weight excluding hydrogens is 1070 g/mol. The van der Waals surface area contributed by atoms with Crippen molar-refractivity contribution in [2.75, 3.05) is 26.4 Å². The van der Waals surface area contributed by atoms with Gasteiger partial charge in [-0.25, -0.2) is 0 Å². The van der Waals surface area contributed by atoms with E-state index in [1.807, 2.05) is 48.5 Å². The molecule has 4 rings (SSSR count). The Morgan fingerprint density at radius 2 is 0.435 bits per heavy atom. The lowest BCUT2D eigenvalue weighted by Gasteiger charge is -2.31. The number of carbonyl (C=O) groups is 4. The summed E-state index contributed by atoms with van der Waals surface area (Å²) < 4.78 is 24.4. The molecule has 0 fully saturated rings. The summed E-state index contributed by atoms with van der Waals surface area (Å²) in [6, 6.07) is 15.6. The number of aromatic hydroxyl groups is 4. The number of benzene rings is 4. The topological polar surface area (TPSA) is 186 Å². The van der Waals surface area contributed by atoms with Gasteiger partial charge in [-0.3, -0.25) is 19.2 Å². The van der Waals surface area contributed by atoms with Gasteiger partial charge in [0.2, 0.25) is 0 Å². The first-order valence-electron chi connectivity index (χ1n) is 31.9. The van der Waals surface area contributed by atoms with Gasteiger partial charge in [-0.2, -0.15) is 0 Å². The van der Waals surface area contributed by atoms with Crippen LogP contribution in [0.3, 0.4) is 0 Å². The molecule has 0 unspecified atom stereocenters. The molecule has 85 heavy (non-hydrogen) atoms. The maximum absolute atomic E-state index is 14.0. The molecule has 0 saturated heterocycles. The van der Waals surface area contributed by atoms with Gasteiger partial charge in [-0.1, -0.05) is 159 Å². The quantitative estimate of drug-likeness (QED) is 0.0250. The van der Waals surface area contributed by atoms with E-state index in [-0.39, 0.29) is 96.0 Å². The van der Waals surface area contributed by atoms with Crippen LogP contribution >= 0.6 is 0 Å². The van der Waals surface area contributed by atoms with Gasteiger partial charge in [0.1, 0.15) is 54.8 Å². The van der Waals surface area contributed by atoms with Crippen LogP contribution in [0.25, 0.3) is 0 Å². The summed E-state index contributed by atoms with van der Waals surface area (Å²) in [5.74, 6) is 1.20. The summed E-state index contributed by atoms with van der Waals surface area (Å²) in [6.45, 7) is 31.8. The van der Waals surface area contributed by atoms with Gasteiger partial charge in [-0.05, 0) is 191 Å². The molecule has 0 radical (unpaired) electrons. The molecule has 0 aliphatic rings. The molecule has 0 amide bonds. The lowest BCUT2D eigenvalue weighted by Crippen LogP contribution is -2.44. The number of hydrogen-bond acceptors (Lipinski definition) is 12. The highest BCUT2D eigenvalue weighted by molar-refractivity contribution is 5.72. The third-order valence-corrected chi connectivity index (χ3v) is 15.0. The smallest absolute Gasteiger partial charge is 0.306 e. The Kier molecular flexibility index (Phi) is 28.9. The van der Waals surface area contributed by atoms with Crippen molar-refractivity contribution < 1.29 is 58.6 Å². The van der Waals surface area contributed by atoms with Crippen LogP contribution in [0.5, 0.6) is 23.0 Å². The highest BCUT2D eigenvalue weighted by Crippen LogP contribution is 2.35. The number of phenols is 4. The number of esters is 4. The zero-order chi connectivity index (χ0) is 63.3. The fourth-order valence-corrected chi connectivity index (χ4v) is 11.1. The highest BCUT2D eigenvalue weighted by atomic mass is 16.6. The van der Waals surface area contributed by atoms with Crippen LogP contribution in [-0.4, -0.2) is 70.7 Å². The number of rotatable bonds is 36. The molecule has 4 aromatic rings. The maximum Gasteiger partial charge on any atom is 0.306 e. The van der Waals surface area contributed by atoms with Gasteiger partial charge < -0.3 is 39.4 Å². The lowest BCUT2D eigenvalue weighted by atomic mass is 9.91. The van der Waals surface area contributed by atoms with Crippen molar-refractivity contribution in [1.82, 2.24) is 0 Å². The second kappa shape index (κ2) is 34.3. The molecule has 4 aromatic carbocycles. The average Bonchev–Trinajstić information content (AvgIpc) is 3.61. The van der Waals surface area contributed by atoms with Crippen molar-refractivity contribution in [2.45, 2.75) is 214 Å². The Balaban J connectivity index is 1.71. The van der Waals surface area contributed by atoms with Gasteiger partial charge in [-0.15, -0.1) is 0 Å². The first-order chi connectivity index (χ1) is 39.9. The molecule has 0 aromatic heterocycles. The van der Waals surface area contributed by atoms with Crippen molar-refractivity contribution in [3.63, 3.8) is 0 Å². The number of aryl methyl sites for hydroxylation is 4. The molecule has 472 valence electrons. The van der Waals surface area contributed by atoms with Crippen molar-refractivity contribution in [3.05, 3.63) is 115 Å². The normalized spacial score (nSPS) is 12.0. The largest absolute Gasteiger partial charge is 0.507 e. The fourth-order valence-electron chi connectivity index (χ4n) is 11.1. The molecule has 0 aliphatic heterocycles. The molecule has 12 heteroatoms. The van der Waals surface area contributed by atoms with E-state index in [9.17, 15) is 39.6 Å². The second-order valence-electron chi connectivity index (χ2n) is 28.0. The average molecular weight is 1180 g/mol. The predicted octanol–water partition coefficient (Wildman–Crippen LogP) is 15.1. The molecule has 0 atom stereocenters.